The number of hydrogen-bond donors (Lipinski definition) is 1. The monoisotopic (exact) mass is 417 g/mol. The summed E-state index contributed by atoms with van der Waals surface area (Å²) in [5, 5.41) is 0.482. The zero-order chi connectivity index (χ0) is 20.7. The lowest BCUT2D eigenvalue weighted by atomic mass is 9.99. The van der Waals surface area contributed by atoms with Crippen molar-refractivity contribution < 1.29 is 9.21 Å². The first-order chi connectivity index (χ1) is 14.6. The molecule has 0 bridgehead atoms. The smallest absolute Gasteiger partial charge is 0.262 e. The van der Waals surface area contributed by atoms with E-state index in [4.69, 9.17) is 16.6 Å². The van der Waals surface area contributed by atoms with Crippen LogP contribution in [0.15, 0.2) is 70.1 Å². The maximum absolute atomic E-state index is 13.1. The second-order valence-electron chi connectivity index (χ2n) is 7.41. The van der Waals surface area contributed by atoms with Crippen LogP contribution in [-0.4, -0.2) is 26.9 Å². The average Bonchev–Trinajstić information content (AvgIpc) is 3.28. The summed E-state index contributed by atoms with van der Waals surface area (Å²) in [6.07, 6.45) is 2.40. The second-order valence-corrected chi connectivity index (χ2v) is 7.79. The van der Waals surface area contributed by atoms with Crippen LogP contribution >= 0.6 is 12.2 Å². The van der Waals surface area contributed by atoms with Crippen LogP contribution in [0.1, 0.15) is 27.2 Å². The highest BCUT2D eigenvalue weighted by molar-refractivity contribution is 7.71. The Hall–Kier alpha value is -3.45. The minimum atomic E-state index is -0.212. The topological polar surface area (TPSA) is 71.2 Å². The molecule has 1 aliphatic heterocycles. The third kappa shape index (κ3) is 3.27. The number of rotatable bonds is 3. The molecular weight excluding hydrogens is 398 g/mol. The summed E-state index contributed by atoms with van der Waals surface area (Å²) in [5.74, 6) is 0.596. The molecule has 0 radical (unpaired) electrons. The van der Waals surface area contributed by atoms with Crippen LogP contribution in [0.3, 0.4) is 0 Å². The third-order valence-electron chi connectivity index (χ3n) is 5.54. The Morgan fingerprint density at radius 3 is 2.73 bits per heavy atom. The molecule has 150 valence electrons. The first kappa shape index (κ1) is 18.6. The van der Waals surface area contributed by atoms with Gasteiger partial charge in [-0.15, -0.1) is 0 Å². The largest absolute Gasteiger partial charge is 0.467 e. The maximum Gasteiger partial charge on any atom is 0.262 e. The van der Waals surface area contributed by atoms with E-state index in [0.29, 0.717) is 40.1 Å². The molecule has 0 fully saturated rings. The molecule has 1 aliphatic rings. The average molecular weight is 417 g/mol. The number of nitrogens with zero attached hydrogens (tertiary/aromatic N) is 2. The lowest BCUT2D eigenvalue weighted by Gasteiger charge is -2.29. The van der Waals surface area contributed by atoms with Gasteiger partial charge in [-0.2, -0.15) is 0 Å². The first-order valence-electron chi connectivity index (χ1n) is 9.75. The fraction of sp³-hybridized carbons (Fsp3) is 0.174. The summed E-state index contributed by atoms with van der Waals surface area (Å²) in [6.45, 7) is 1.52. The lowest BCUT2D eigenvalue weighted by molar-refractivity contribution is 0.0735. The highest BCUT2D eigenvalue weighted by atomic mass is 32.1. The number of aromatic amines is 1. The van der Waals surface area contributed by atoms with Crippen molar-refractivity contribution >= 4 is 29.0 Å². The van der Waals surface area contributed by atoms with Crippen LogP contribution < -0.4 is 5.56 Å². The van der Waals surface area contributed by atoms with Gasteiger partial charge in [0, 0.05) is 18.7 Å². The van der Waals surface area contributed by atoms with Crippen LogP contribution in [0.2, 0.25) is 0 Å². The highest BCUT2D eigenvalue weighted by Gasteiger charge is 2.22. The number of amides is 1. The van der Waals surface area contributed by atoms with E-state index in [1.807, 2.05) is 17.0 Å². The fourth-order valence-electron chi connectivity index (χ4n) is 3.94. The Kier molecular flexibility index (Phi) is 4.59. The van der Waals surface area contributed by atoms with Crippen LogP contribution in [0.5, 0.6) is 0 Å². The van der Waals surface area contributed by atoms with E-state index in [1.165, 1.54) is 15.7 Å². The molecule has 7 heteroatoms. The molecule has 30 heavy (non-hydrogen) atoms. The predicted octanol–water partition coefficient (Wildman–Crippen LogP) is 3.90. The van der Waals surface area contributed by atoms with Gasteiger partial charge in [0.25, 0.3) is 11.5 Å². The van der Waals surface area contributed by atoms with E-state index in [2.05, 4.69) is 17.1 Å². The molecule has 0 atom stereocenters. The molecule has 1 amide bonds. The van der Waals surface area contributed by atoms with Crippen LogP contribution in [-0.2, 0) is 19.5 Å². The highest BCUT2D eigenvalue weighted by Crippen LogP contribution is 2.21. The van der Waals surface area contributed by atoms with Gasteiger partial charge < -0.3 is 14.3 Å². The maximum atomic E-state index is 13.1. The van der Waals surface area contributed by atoms with Gasteiger partial charge in [0.15, 0.2) is 4.77 Å². The Morgan fingerprint density at radius 1 is 1.10 bits per heavy atom. The SMILES string of the molecule is O=C(c1ccc2c(=O)n(Cc3ccco3)c(=S)[nH]c2c1)N1CCc2ccccc2C1. The standard InChI is InChI=1S/C23H19N3O3S/c27-21(25-10-9-15-4-1-2-5-17(15)13-25)16-7-8-19-20(12-16)24-23(30)26(22(19)28)14-18-6-3-11-29-18/h1-8,11-12H,9-10,13-14H2,(H,24,30). The van der Waals surface area contributed by atoms with E-state index in [-0.39, 0.29) is 18.0 Å². The van der Waals surface area contributed by atoms with E-state index in [0.717, 1.165) is 6.42 Å². The summed E-state index contributed by atoms with van der Waals surface area (Å²) in [6, 6.07) is 16.9. The van der Waals surface area contributed by atoms with Gasteiger partial charge >= 0.3 is 0 Å². The number of furan rings is 1. The lowest BCUT2D eigenvalue weighted by Crippen LogP contribution is -2.36. The fourth-order valence-corrected chi connectivity index (χ4v) is 4.20. The molecule has 2 aromatic carbocycles. The van der Waals surface area contributed by atoms with Crippen LogP contribution in [0, 0.1) is 4.77 Å². The number of aromatic nitrogens is 2. The van der Waals surface area contributed by atoms with Crippen molar-refractivity contribution in [1.82, 2.24) is 14.5 Å². The summed E-state index contributed by atoms with van der Waals surface area (Å²) >= 11 is 5.39. The van der Waals surface area contributed by atoms with Crippen molar-refractivity contribution in [2.45, 2.75) is 19.5 Å². The van der Waals surface area contributed by atoms with Gasteiger partial charge in [0.05, 0.1) is 23.7 Å². The predicted molar refractivity (Wildman–Crippen MR) is 116 cm³/mol. The van der Waals surface area contributed by atoms with Crippen LogP contribution in [0.25, 0.3) is 10.9 Å². The number of carbonyl (C=O) groups excluding carboxylic acids is 1. The minimum Gasteiger partial charge on any atom is -0.467 e. The van der Waals surface area contributed by atoms with Gasteiger partial charge in [0.2, 0.25) is 0 Å². The molecule has 2 aromatic heterocycles. The molecule has 1 N–H and O–H groups in total. The van der Waals surface area contributed by atoms with Gasteiger partial charge in [-0.3, -0.25) is 14.2 Å². The molecular formula is C23H19N3O3S. The molecule has 0 spiro atoms. The van der Waals surface area contributed by atoms with E-state index < -0.39 is 0 Å². The number of hydrogen-bond acceptors (Lipinski definition) is 4. The van der Waals surface area contributed by atoms with Crippen molar-refractivity contribution in [2.75, 3.05) is 6.54 Å². The summed E-state index contributed by atoms with van der Waals surface area (Å²) < 4.78 is 7.08. The zero-order valence-electron chi connectivity index (χ0n) is 16.1. The summed E-state index contributed by atoms with van der Waals surface area (Å²) in [4.78, 5) is 31.0. The van der Waals surface area contributed by atoms with Crippen molar-refractivity contribution in [1.29, 1.82) is 0 Å². The number of benzene rings is 2. The summed E-state index contributed by atoms with van der Waals surface area (Å²) in [7, 11) is 0. The number of fused-ring (bicyclic) bond motifs is 2. The molecule has 5 rings (SSSR count). The Balaban J connectivity index is 1.47. The Labute approximate surface area is 177 Å². The van der Waals surface area contributed by atoms with Crippen molar-refractivity contribution in [2.24, 2.45) is 0 Å². The van der Waals surface area contributed by atoms with Crippen molar-refractivity contribution in [3.63, 3.8) is 0 Å². The quantitative estimate of drug-likeness (QED) is 0.513. The Morgan fingerprint density at radius 2 is 1.93 bits per heavy atom. The molecule has 0 saturated heterocycles. The Bertz CT molecular complexity index is 1370. The van der Waals surface area contributed by atoms with Gasteiger partial charge in [-0.1, -0.05) is 24.3 Å². The first-order valence-corrected chi connectivity index (χ1v) is 10.2. The number of H-pyrrole nitrogens is 1. The summed E-state index contributed by atoms with van der Waals surface area (Å²) in [5.41, 5.74) is 3.36. The number of carbonyl (C=O) groups is 1. The zero-order valence-corrected chi connectivity index (χ0v) is 16.9. The van der Waals surface area contributed by atoms with Crippen LogP contribution in [0.4, 0.5) is 0 Å². The van der Waals surface area contributed by atoms with Crippen molar-refractivity contribution in [3.8, 4) is 0 Å². The third-order valence-corrected chi connectivity index (χ3v) is 5.86. The number of nitrogens with one attached hydrogen (secondary N) is 1. The van der Waals surface area contributed by atoms with E-state index in [9.17, 15) is 9.59 Å². The van der Waals surface area contributed by atoms with E-state index >= 15 is 0 Å². The second kappa shape index (κ2) is 7.42. The van der Waals surface area contributed by atoms with Crippen molar-refractivity contribution in [3.05, 3.63) is 98.4 Å². The van der Waals surface area contributed by atoms with Gasteiger partial charge in [-0.05, 0) is 60.1 Å². The molecule has 4 aromatic rings. The molecule has 0 unspecified atom stereocenters. The molecule has 0 saturated carbocycles. The normalized spacial score (nSPS) is 13.4. The molecule has 0 aliphatic carbocycles. The molecule has 6 nitrogen and oxygen atoms in total. The van der Waals surface area contributed by atoms with E-state index in [1.54, 1.807) is 36.6 Å². The van der Waals surface area contributed by atoms with Gasteiger partial charge in [0.1, 0.15) is 5.76 Å². The minimum absolute atomic E-state index is 0.0505. The van der Waals surface area contributed by atoms with Gasteiger partial charge in [-0.25, -0.2) is 0 Å². The molecule has 3 heterocycles.